The quantitative estimate of drug-likeness (QED) is 0.728. The van der Waals surface area contributed by atoms with E-state index >= 15 is 0 Å². The van der Waals surface area contributed by atoms with E-state index < -0.39 is 0 Å². The molecule has 1 rings (SSSR count). The fourth-order valence-corrected chi connectivity index (χ4v) is 2.14. The molecule has 0 saturated carbocycles. The molecule has 0 bridgehead atoms. The van der Waals surface area contributed by atoms with Crippen LogP contribution in [0.3, 0.4) is 0 Å². The maximum absolute atomic E-state index is 11.7. The first-order valence-corrected chi connectivity index (χ1v) is 6.87. The number of likely N-dealkylation sites (N-methyl/N-ethyl adjacent to an activating group) is 1. The Kier molecular flexibility index (Phi) is 6.52. The van der Waals surface area contributed by atoms with Crippen molar-refractivity contribution in [3.63, 3.8) is 0 Å². The highest BCUT2D eigenvalue weighted by Gasteiger charge is 2.21. The van der Waals surface area contributed by atoms with Crippen molar-refractivity contribution in [3.8, 4) is 0 Å². The van der Waals surface area contributed by atoms with Gasteiger partial charge in [0.05, 0.1) is 6.04 Å². The number of piperidine rings is 1. The molecule has 1 atom stereocenters. The first kappa shape index (κ1) is 14.5. The van der Waals surface area contributed by atoms with Gasteiger partial charge in [-0.3, -0.25) is 4.79 Å². The number of rotatable bonds is 6. The summed E-state index contributed by atoms with van der Waals surface area (Å²) in [6, 6.07) is 0.282. The van der Waals surface area contributed by atoms with Gasteiger partial charge < -0.3 is 15.5 Å². The third-order valence-electron chi connectivity index (χ3n) is 3.59. The molecular formula is C13H27N3O. The second-order valence-corrected chi connectivity index (χ2v) is 4.99. The molecule has 0 spiro atoms. The molecule has 0 aromatic rings. The monoisotopic (exact) mass is 241 g/mol. The molecule has 1 amide bonds. The van der Waals surface area contributed by atoms with Crippen LogP contribution in [0.4, 0.5) is 0 Å². The minimum absolute atomic E-state index is 0.0897. The summed E-state index contributed by atoms with van der Waals surface area (Å²) in [5.41, 5.74) is 0. The van der Waals surface area contributed by atoms with Crippen LogP contribution in [0.1, 0.15) is 39.5 Å². The number of likely N-dealkylation sites (tertiary alicyclic amines) is 1. The molecule has 1 saturated heterocycles. The highest BCUT2D eigenvalue weighted by atomic mass is 16.2. The molecule has 1 heterocycles. The summed E-state index contributed by atoms with van der Waals surface area (Å²) in [7, 11) is 1.82. The molecule has 1 aliphatic rings. The molecule has 2 N–H and O–H groups in total. The zero-order valence-corrected chi connectivity index (χ0v) is 11.5. The lowest BCUT2D eigenvalue weighted by Gasteiger charge is -2.32. The second-order valence-electron chi connectivity index (χ2n) is 4.99. The molecule has 17 heavy (non-hydrogen) atoms. The predicted molar refractivity (Wildman–Crippen MR) is 71.0 cm³/mol. The lowest BCUT2D eigenvalue weighted by Crippen LogP contribution is -2.49. The van der Waals surface area contributed by atoms with Gasteiger partial charge >= 0.3 is 0 Å². The predicted octanol–water partition coefficient (Wildman–Crippen LogP) is 0.975. The largest absolute Gasteiger partial charge is 0.352 e. The van der Waals surface area contributed by atoms with E-state index in [1.807, 2.05) is 14.0 Å². The summed E-state index contributed by atoms with van der Waals surface area (Å²) in [6.07, 6.45) is 4.72. The summed E-state index contributed by atoms with van der Waals surface area (Å²) in [5, 5.41) is 6.09. The Morgan fingerprint density at radius 2 is 2.06 bits per heavy atom. The van der Waals surface area contributed by atoms with Gasteiger partial charge in [0.25, 0.3) is 0 Å². The number of carbonyl (C=O) groups is 1. The van der Waals surface area contributed by atoms with Crippen LogP contribution in [-0.4, -0.2) is 49.6 Å². The number of nitrogens with one attached hydrogen (secondary N) is 2. The zero-order valence-electron chi connectivity index (χ0n) is 11.5. The van der Waals surface area contributed by atoms with Gasteiger partial charge in [-0.15, -0.1) is 0 Å². The fourth-order valence-electron chi connectivity index (χ4n) is 2.14. The SMILES string of the molecule is CCCCN1CCC(NC(=O)C(C)NC)CC1. The maximum Gasteiger partial charge on any atom is 0.237 e. The molecule has 1 fully saturated rings. The molecule has 1 aliphatic heterocycles. The van der Waals surface area contributed by atoms with Crippen LogP contribution < -0.4 is 10.6 Å². The van der Waals surface area contributed by atoms with Crippen LogP contribution in [0.2, 0.25) is 0 Å². The Labute approximate surface area is 105 Å². The summed E-state index contributed by atoms with van der Waals surface area (Å²) in [6.45, 7) is 7.58. The van der Waals surface area contributed by atoms with E-state index in [1.165, 1.54) is 19.4 Å². The van der Waals surface area contributed by atoms with E-state index in [2.05, 4.69) is 22.5 Å². The smallest absolute Gasteiger partial charge is 0.237 e. The topological polar surface area (TPSA) is 44.4 Å². The summed E-state index contributed by atoms with van der Waals surface area (Å²) < 4.78 is 0. The minimum Gasteiger partial charge on any atom is -0.352 e. The molecule has 4 heteroatoms. The van der Waals surface area contributed by atoms with Gasteiger partial charge in [-0.2, -0.15) is 0 Å². The number of unbranched alkanes of at least 4 members (excludes halogenated alkanes) is 1. The van der Waals surface area contributed by atoms with Crippen LogP contribution in [0.25, 0.3) is 0 Å². The Hall–Kier alpha value is -0.610. The van der Waals surface area contributed by atoms with Crippen molar-refractivity contribution in [2.45, 2.75) is 51.6 Å². The second kappa shape index (κ2) is 7.67. The van der Waals surface area contributed by atoms with E-state index in [0.717, 1.165) is 25.9 Å². The molecule has 4 nitrogen and oxygen atoms in total. The zero-order chi connectivity index (χ0) is 12.7. The maximum atomic E-state index is 11.7. The van der Waals surface area contributed by atoms with Gasteiger partial charge in [-0.1, -0.05) is 13.3 Å². The third kappa shape index (κ3) is 5.04. The standard InChI is InChI=1S/C13H27N3O/c1-4-5-8-16-9-6-12(7-10-16)15-13(17)11(2)14-3/h11-12,14H,4-10H2,1-3H3,(H,15,17). The highest BCUT2D eigenvalue weighted by Crippen LogP contribution is 2.11. The van der Waals surface area contributed by atoms with Gasteiger partial charge in [-0.05, 0) is 39.8 Å². The molecule has 0 aliphatic carbocycles. The van der Waals surface area contributed by atoms with Gasteiger partial charge in [0.2, 0.25) is 5.91 Å². The van der Waals surface area contributed by atoms with Crippen LogP contribution in [0.5, 0.6) is 0 Å². The Morgan fingerprint density at radius 3 is 2.59 bits per heavy atom. The Balaban J connectivity index is 2.20. The van der Waals surface area contributed by atoms with Gasteiger partial charge in [-0.25, -0.2) is 0 Å². The molecule has 100 valence electrons. The van der Waals surface area contributed by atoms with Crippen molar-refractivity contribution in [1.29, 1.82) is 0 Å². The van der Waals surface area contributed by atoms with Gasteiger partial charge in [0.15, 0.2) is 0 Å². The molecule has 0 aromatic heterocycles. The Morgan fingerprint density at radius 1 is 1.41 bits per heavy atom. The van der Waals surface area contributed by atoms with Crippen molar-refractivity contribution in [2.24, 2.45) is 0 Å². The van der Waals surface area contributed by atoms with Gasteiger partial charge in [0.1, 0.15) is 0 Å². The van der Waals surface area contributed by atoms with Crippen molar-refractivity contribution in [3.05, 3.63) is 0 Å². The summed E-state index contributed by atoms with van der Waals surface area (Å²) in [5.74, 6) is 0.125. The van der Waals surface area contributed by atoms with Crippen molar-refractivity contribution >= 4 is 5.91 Å². The van der Waals surface area contributed by atoms with Crippen LogP contribution >= 0.6 is 0 Å². The normalized spacial score (nSPS) is 20.2. The van der Waals surface area contributed by atoms with Crippen LogP contribution in [-0.2, 0) is 4.79 Å². The number of hydrogen-bond acceptors (Lipinski definition) is 3. The third-order valence-corrected chi connectivity index (χ3v) is 3.59. The van der Waals surface area contributed by atoms with Gasteiger partial charge in [0, 0.05) is 19.1 Å². The van der Waals surface area contributed by atoms with E-state index in [1.54, 1.807) is 0 Å². The van der Waals surface area contributed by atoms with Crippen molar-refractivity contribution in [2.75, 3.05) is 26.7 Å². The average molecular weight is 241 g/mol. The Bertz CT molecular complexity index is 225. The van der Waals surface area contributed by atoms with Crippen LogP contribution in [0.15, 0.2) is 0 Å². The highest BCUT2D eigenvalue weighted by molar-refractivity contribution is 5.81. The molecular weight excluding hydrogens is 214 g/mol. The van der Waals surface area contributed by atoms with Crippen LogP contribution in [0, 0.1) is 0 Å². The number of nitrogens with zero attached hydrogens (tertiary/aromatic N) is 1. The fraction of sp³-hybridized carbons (Fsp3) is 0.923. The van der Waals surface area contributed by atoms with Crippen molar-refractivity contribution in [1.82, 2.24) is 15.5 Å². The lowest BCUT2D eigenvalue weighted by molar-refractivity contribution is -0.123. The van der Waals surface area contributed by atoms with E-state index in [4.69, 9.17) is 0 Å². The lowest BCUT2D eigenvalue weighted by atomic mass is 10.0. The minimum atomic E-state index is -0.0897. The molecule has 0 radical (unpaired) electrons. The summed E-state index contributed by atoms with van der Waals surface area (Å²) in [4.78, 5) is 14.2. The number of carbonyl (C=O) groups excluding carboxylic acids is 1. The number of hydrogen-bond donors (Lipinski definition) is 2. The van der Waals surface area contributed by atoms with Crippen molar-refractivity contribution < 1.29 is 4.79 Å². The van der Waals surface area contributed by atoms with E-state index in [-0.39, 0.29) is 11.9 Å². The first-order valence-electron chi connectivity index (χ1n) is 6.87. The van der Waals surface area contributed by atoms with E-state index in [0.29, 0.717) is 6.04 Å². The molecule has 0 aromatic carbocycles. The first-order chi connectivity index (χ1) is 8.17. The molecule has 1 unspecified atom stereocenters. The van der Waals surface area contributed by atoms with E-state index in [9.17, 15) is 4.79 Å². The number of amides is 1. The average Bonchev–Trinajstić information content (AvgIpc) is 2.37. The summed E-state index contributed by atoms with van der Waals surface area (Å²) >= 11 is 0.